The normalized spacial score (nSPS) is 19.5. The van der Waals surface area contributed by atoms with Crippen molar-refractivity contribution in [3.05, 3.63) is 113 Å². The molecule has 0 heteroatoms. The maximum Gasteiger partial charge on any atom is 0.0667 e. The highest BCUT2D eigenvalue weighted by atomic mass is 14.5. The lowest BCUT2D eigenvalue weighted by Gasteiger charge is -2.36. The van der Waals surface area contributed by atoms with Gasteiger partial charge < -0.3 is 0 Å². The molecular formula is C26H30. The first-order chi connectivity index (χ1) is 12.3. The van der Waals surface area contributed by atoms with Crippen LogP contribution in [-0.2, 0) is 5.41 Å². The fourth-order valence-corrected chi connectivity index (χ4v) is 4.09. The monoisotopic (exact) mass is 342 g/mol. The lowest BCUT2D eigenvalue weighted by atomic mass is 9.66. The number of allylic oxidation sites excluding steroid dienone is 11. The van der Waals surface area contributed by atoms with Crippen molar-refractivity contribution >= 4 is 5.57 Å². The van der Waals surface area contributed by atoms with Crippen LogP contribution in [0.3, 0.4) is 0 Å². The van der Waals surface area contributed by atoms with Crippen LogP contribution >= 0.6 is 0 Å². The molecular weight excluding hydrogens is 312 g/mol. The zero-order valence-corrected chi connectivity index (χ0v) is 16.8. The van der Waals surface area contributed by atoms with E-state index in [0.717, 1.165) is 5.57 Å². The Kier molecular flexibility index (Phi) is 5.87. The average molecular weight is 343 g/mol. The molecule has 2 rings (SSSR count). The summed E-state index contributed by atoms with van der Waals surface area (Å²) in [6.45, 7) is 23.2. The molecule has 0 saturated carbocycles. The van der Waals surface area contributed by atoms with E-state index in [4.69, 9.17) is 0 Å². The number of rotatable bonds is 6. The molecule has 0 heterocycles. The topological polar surface area (TPSA) is 0 Å². The summed E-state index contributed by atoms with van der Waals surface area (Å²) in [6, 6.07) is 6.69. The predicted molar refractivity (Wildman–Crippen MR) is 117 cm³/mol. The molecule has 1 aliphatic carbocycles. The predicted octanol–water partition coefficient (Wildman–Crippen LogP) is 7.42. The largest absolute Gasteiger partial charge is 0.0991 e. The minimum Gasteiger partial charge on any atom is -0.0991 e. The summed E-state index contributed by atoms with van der Waals surface area (Å²) in [6.07, 6.45) is 12.4. The number of benzene rings is 1. The van der Waals surface area contributed by atoms with Crippen molar-refractivity contribution in [3.63, 3.8) is 0 Å². The van der Waals surface area contributed by atoms with Gasteiger partial charge in [0.25, 0.3) is 0 Å². The van der Waals surface area contributed by atoms with Crippen molar-refractivity contribution in [2.45, 2.75) is 40.0 Å². The highest BCUT2D eigenvalue weighted by Gasteiger charge is 2.46. The van der Waals surface area contributed by atoms with Gasteiger partial charge in [-0.1, -0.05) is 91.1 Å². The average Bonchev–Trinajstić information content (AvgIpc) is 2.84. The van der Waals surface area contributed by atoms with Gasteiger partial charge in [-0.3, -0.25) is 0 Å². The molecule has 1 atom stereocenters. The van der Waals surface area contributed by atoms with Gasteiger partial charge >= 0.3 is 0 Å². The number of hydrogen-bond acceptors (Lipinski definition) is 0. The molecule has 0 saturated heterocycles. The van der Waals surface area contributed by atoms with Crippen LogP contribution in [0, 0.1) is 6.92 Å². The van der Waals surface area contributed by atoms with Gasteiger partial charge in [-0.25, -0.2) is 0 Å². The molecule has 0 radical (unpaired) electrons. The quantitative estimate of drug-likeness (QED) is 0.472. The van der Waals surface area contributed by atoms with Crippen molar-refractivity contribution in [2.75, 3.05) is 0 Å². The number of aryl methyl sites for hydroxylation is 1. The second-order valence-electron chi connectivity index (χ2n) is 7.16. The molecule has 134 valence electrons. The van der Waals surface area contributed by atoms with Crippen molar-refractivity contribution < 1.29 is 0 Å². The Morgan fingerprint density at radius 1 is 1.12 bits per heavy atom. The van der Waals surface area contributed by atoms with E-state index in [1.54, 1.807) is 0 Å². The molecule has 0 amide bonds. The van der Waals surface area contributed by atoms with Crippen LogP contribution in [0.25, 0.3) is 5.57 Å². The molecule has 0 fully saturated rings. The Labute approximate surface area is 159 Å². The molecule has 0 spiro atoms. The lowest BCUT2D eigenvalue weighted by molar-refractivity contribution is 0.739. The van der Waals surface area contributed by atoms with Crippen LogP contribution in [0.1, 0.15) is 44.4 Å². The summed E-state index contributed by atoms with van der Waals surface area (Å²) < 4.78 is 0. The third-order valence-electron chi connectivity index (χ3n) is 5.00. The fraction of sp³-hybridized carbons (Fsp3) is 0.231. The SMILES string of the molecule is C=C/C=C(\C)C1(C(=C)C=C(C)C)C(C=C)=C(/C=C\C)c2ccc(C)cc21. The highest BCUT2D eigenvalue weighted by molar-refractivity contribution is 5.91. The van der Waals surface area contributed by atoms with Gasteiger partial charge in [0.15, 0.2) is 0 Å². The maximum atomic E-state index is 4.52. The minimum absolute atomic E-state index is 0.413. The van der Waals surface area contributed by atoms with Crippen molar-refractivity contribution in [1.29, 1.82) is 0 Å². The van der Waals surface area contributed by atoms with Crippen LogP contribution in [-0.4, -0.2) is 0 Å². The summed E-state index contributed by atoms with van der Waals surface area (Å²) in [7, 11) is 0. The van der Waals surface area contributed by atoms with Crippen molar-refractivity contribution in [2.24, 2.45) is 0 Å². The molecule has 1 aromatic rings. The fourth-order valence-electron chi connectivity index (χ4n) is 4.09. The van der Waals surface area contributed by atoms with Gasteiger partial charge in [0.2, 0.25) is 0 Å². The van der Waals surface area contributed by atoms with E-state index >= 15 is 0 Å². The van der Waals surface area contributed by atoms with E-state index in [9.17, 15) is 0 Å². The zero-order chi connectivity index (χ0) is 19.5. The Hall–Kier alpha value is -2.60. The molecule has 1 aromatic carbocycles. The Morgan fingerprint density at radius 2 is 1.81 bits per heavy atom. The molecule has 0 aromatic heterocycles. The standard InChI is InChI=1S/C26H30/c1-9-12-20(7)26(21(8)16-18(4)5)24(11-3)22(13-10-2)23-15-14-19(6)17-25(23)26/h9-17H,1,3,8H2,2,4-7H3/b13-10-,20-12+. The Morgan fingerprint density at radius 3 is 2.35 bits per heavy atom. The molecule has 0 N–H and O–H groups in total. The van der Waals surface area contributed by atoms with Crippen LogP contribution in [0.15, 0.2) is 96.7 Å². The van der Waals surface area contributed by atoms with E-state index < -0.39 is 5.41 Å². The Balaban J connectivity index is 3.06. The molecule has 0 nitrogen and oxygen atoms in total. The smallest absolute Gasteiger partial charge is 0.0667 e. The lowest BCUT2D eigenvalue weighted by Crippen LogP contribution is -2.29. The molecule has 26 heavy (non-hydrogen) atoms. The second kappa shape index (κ2) is 7.74. The van der Waals surface area contributed by atoms with Gasteiger partial charge in [-0.05, 0) is 62.5 Å². The number of hydrogen-bond donors (Lipinski definition) is 0. The van der Waals surface area contributed by atoms with Crippen molar-refractivity contribution in [1.82, 2.24) is 0 Å². The van der Waals surface area contributed by atoms with Crippen LogP contribution in [0.4, 0.5) is 0 Å². The highest BCUT2D eigenvalue weighted by Crippen LogP contribution is 2.55. The van der Waals surface area contributed by atoms with E-state index in [2.05, 4.69) is 96.9 Å². The third kappa shape index (κ3) is 3.01. The van der Waals surface area contributed by atoms with Crippen LogP contribution in [0.2, 0.25) is 0 Å². The number of fused-ring (bicyclic) bond motifs is 1. The van der Waals surface area contributed by atoms with Gasteiger partial charge in [-0.15, -0.1) is 0 Å². The minimum atomic E-state index is -0.413. The summed E-state index contributed by atoms with van der Waals surface area (Å²) in [5.74, 6) is 0. The molecule has 1 aliphatic rings. The van der Waals surface area contributed by atoms with Gasteiger partial charge in [0, 0.05) is 0 Å². The Bertz CT molecular complexity index is 877. The zero-order valence-electron chi connectivity index (χ0n) is 16.8. The van der Waals surface area contributed by atoms with Gasteiger partial charge in [0.05, 0.1) is 5.41 Å². The van der Waals surface area contributed by atoms with E-state index in [1.165, 1.54) is 39.0 Å². The van der Waals surface area contributed by atoms with Gasteiger partial charge in [0.1, 0.15) is 0 Å². The van der Waals surface area contributed by atoms with E-state index in [0.29, 0.717) is 0 Å². The summed E-state index contributed by atoms with van der Waals surface area (Å²) in [5, 5.41) is 0. The summed E-state index contributed by atoms with van der Waals surface area (Å²) >= 11 is 0. The summed E-state index contributed by atoms with van der Waals surface area (Å²) in [4.78, 5) is 0. The van der Waals surface area contributed by atoms with E-state index in [1.807, 2.05) is 12.2 Å². The summed E-state index contributed by atoms with van der Waals surface area (Å²) in [5.41, 5.74) is 9.27. The van der Waals surface area contributed by atoms with Crippen LogP contribution in [0.5, 0.6) is 0 Å². The second-order valence-corrected chi connectivity index (χ2v) is 7.16. The molecule has 0 bridgehead atoms. The first kappa shape index (κ1) is 19.7. The first-order valence-corrected chi connectivity index (χ1v) is 9.10. The molecule has 0 aliphatic heterocycles. The van der Waals surface area contributed by atoms with Gasteiger partial charge in [-0.2, -0.15) is 0 Å². The van der Waals surface area contributed by atoms with Crippen molar-refractivity contribution in [3.8, 4) is 0 Å². The van der Waals surface area contributed by atoms with E-state index in [-0.39, 0.29) is 0 Å². The third-order valence-corrected chi connectivity index (χ3v) is 5.00. The first-order valence-electron chi connectivity index (χ1n) is 9.10. The maximum absolute atomic E-state index is 4.52. The van der Waals surface area contributed by atoms with Crippen LogP contribution < -0.4 is 0 Å². The molecule has 1 unspecified atom stereocenters.